The summed E-state index contributed by atoms with van der Waals surface area (Å²) in [6.45, 7) is 2.06. The van der Waals surface area contributed by atoms with Crippen LogP contribution in [-0.2, 0) is 6.61 Å². The lowest BCUT2D eigenvalue weighted by Crippen LogP contribution is -2.26. The molecule has 0 atom stereocenters. The van der Waals surface area contributed by atoms with Crippen molar-refractivity contribution in [1.82, 2.24) is 9.97 Å². The van der Waals surface area contributed by atoms with Crippen LogP contribution in [0.2, 0.25) is 5.02 Å². The molecule has 0 unspecified atom stereocenters. The van der Waals surface area contributed by atoms with Gasteiger partial charge in [-0.2, -0.15) is 0 Å². The van der Waals surface area contributed by atoms with E-state index in [-0.39, 0.29) is 5.56 Å². The quantitative estimate of drug-likeness (QED) is 0.552. The summed E-state index contributed by atoms with van der Waals surface area (Å²) in [5.74, 6) is 0.0547. The lowest BCUT2D eigenvalue weighted by Gasteiger charge is -2.21. The number of anilines is 1. The van der Waals surface area contributed by atoms with Crippen molar-refractivity contribution in [1.29, 1.82) is 0 Å². The highest BCUT2D eigenvalue weighted by Gasteiger charge is 2.21. The number of aromatic nitrogens is 2. The van der Waals surface area contributed by atoms with Crippen LogP contribution in [0.1, 0.15) is 41.6 Å². The Kier molecular flexibility index (Phi) is 6.67. The summed E-state index contributed by atoms with van der Waals surface area (Å²) in [4.78, 5) is 23.1. The second-order valence-corrected chi connectivity index (χ2v) is 7.99. The molecule has 1 N–H and O–H groups in total. The van der Waals surface area contributed by atoms with Gasteiger partial charge in [0.15, 0.2) is 0 Å². The van der Waals surface area contributed by atoms with E-state index in [1.165, 1.54) is 19.0 Å². The third-order valence-electron chi connectivity index (χ3n) is 5.32. The van der Waals surface area contributed by atoms with E-state index < -0.39 is 5.97 Å². The zero-order valence-electron chi connectivity index (χ0n) is 17.1. The van der Waals surface area contributed by atoms with Crippen molar-refractivity contribution in [2.75, 3.05) is 18.0 Å². The van der Waals surface area contributed by atoms with Gasteiger partial charge in [-0.05, 0) is 42.7 Å². The lowest BCUT2D eigenvalue weighted by molar-refractivity contribution is 0.0697. The van der Waals surface area contributed by atoms with E-state index in [1.807, 2.05) is 48.5 Å². The Morgan fingerprint density at radius 3 is 2.58 bits per heavy atom. The highest BCUT2D eigenvalue weighted by atomic mass is 35.5. The number of carbonyl (C=O) groups is 1. The number of aromatic carboxylic acids is 1. The van der Waals surface area contributed by atoms with Crippen molar-refractivity contribution < 1.29 is 14.6 Å². The Morgan fingerprint density at radius 1 is 1.06 bits per heavy atom. The van der Waals surface area contributed by atoms with Crippen LogP contribution < -0.4 is 9.64 Å². The fourth-order valence-corrected chi connectivity index (χ4v) is 3.95. The normalized spacial score (nSPS) is 14.2. The first-order chi connectivity index (χ1) is 15.1. The fraction of sp³-hybridized carbons (Fsp3) is 0.292. The zero-order chi connectivity index (χ0) is 21.6. The van der Waals surface area contributed by atoms with Gasteiger partial charge in [0.05, 0.1) is 5.69 Å². The van der Waals surface area contributed by atoms with E-state index in [2.05, 4.69) is 9.88 Å². The molecule has 160 valence electrons. The largest absolute Gasteiger partial charge is 0.488 e. The van der Waals surface area contributed by atoms with E-state index in [9.17, 15) is 9.90 Å². The van der Waals surface area contributed by atoms with E-state index in [0.29, 0.717) is 34.6 Å². The van der Waals surface area contributed by atoms with Gasteiger partial charge in [0.2, 0.25) is 5.95 Å². The molecule has 2 aromatic carbocycles. The van der Waals surface area contributed by atoms with Crippen molar-refractivity contribution >= 4 is 23.5 Å². The van der Waals surface area contributed by atoms with Gasteiger partial charge in [-0.15, -0.1) is 0 Å². The maximum absolute atomic E-state index is 11.9. The zero-order valence-corrected chi connectivity index (χ0v) is 17.9. The summed E-state index contributed by atoms with van der Waals surface area (Å²) in [5, 5.41) is 10.4. The molecule has 1 fully saturated rings. The first-order valence-electron chi connectivity index (χ1n) is 10.4. The van der Waals surface area contributed by atoms with Crippen LogP contribution in [0, 0.1) is 0 Å². The first kappa shape index (κ1) is 21.1. The average molecular weight is 438 g/mol. The van der Waals surface area contributed by atoms with Gasteiger partial charge in [-0.25, -0.2) is 14.8 Å². The number of para-hydroxylation sites is 1. The molecule has 0 amide bonds. The van der Waals surface area contributed by atoms with Gasteiger partial charge >= 0.3 is 5.97 Å². The molecule has 7 heteroatoms. The van der Waals surface area contributed by atoms with Crippen LogP contribution in [0.5, 0.6) is 5.75 Å². The Morgan fingerprint density at radius 2 is 1.84 bits per heavy atom. The minimum Gasteiger partial charge on any atom is -0.488 e. The Labute approximate surface area is 186 Å². The van der Waals surface area contributed by atoms with E-state index in [1.54, 1.807) is 0 Å². The van der Waals surface area contributed by atoms with Crippen molar-refractivity contribution in [3.63, 3.8) is 0 Å². The van der Waals surface area contributed by atoms with Crippen molar-refractivity contribution in [3.8, 4) is 17.0 Å². The number of ether oxygens (including phenoxy) is 1. The van der Waals surface area contributed by atoms with Gasteiger partial charge in [0.25, 0.3) is 0 Å². The van der Waals surface area contributed by atoms with Crippen LogP contribution in [0.25, 0.3) is 11.3 Å². The second kappa shape index (κ2) is 9.79. The lowest BCUT2D eigenvalue weighted by atomic mass is 10.1. The molecule has 0 bridgehead atoms. The Hall–Kier alpha value is -3.12. The number of hydrogen-bond acceptors (Lipinski definition) is 5. The number of halogens is 1. The van der Waals surface area contributed by atoms with E-state index in [4.69, 9.17) is 21.3 Å². The first-order valence-corrected chi connectivity index (χ1v) is 10.8. The third-order valence-corrected chi connectivity index (χ3v) is 5.56. The summed E-state index contributed by atoms with van der Waals surface area (Å²) in [6, 6.07) is 14.8. The van der Waals surface area contributed by atoms with Crippen LogP contribution >= 0.6 is 11.6 Å². The third kappa shape index (κ3) is 5.14. The van der Waals surface area contributed by atoms with Crippen molar-refractivity contribution in [2.45, 2.75) is 32.3 Å². The van der Waals surface area contributed by atoms with Crippen molar-refractivity contribution in [2.24, 2.45) is 0 Å². The number of benzene rings is 2. The summed E-state index contributed by atoms with van der Waals surface area (Å²) < 4.78 is 6.05. The molecule has 31 heavy (non-hydrogen) atoms. The molecule has 4 rings (SSSR count). The summed E-state index contributed by atoms with van der Waals surface area (Å²) in [5.41, 5.74) is 1.97. The van der Waals surface area contributed by atoms with Gasteiger partial charge in [0, 0.05) is 29.9 Å². The molecule has 0 aliphatic carbocycles. The Bertz CT molecular complexity index is 1070. The van der Waals surface area contributed by atoms with Gasteiger partial charge in [-0.1, -0.05) is 48.7 Å². The van der Waals surface area contributed by atoms with Crippen LogP contribution in [0.4, 0.5) is 5.95 Å². The molecule has 6 nitrogen and oxygen atoms in total. The standard InChI is InChI=1S/C24H24ClN3O3/c25-18-9-7-8-17(14-18)16-31-21-11-4-3-10-19(21)22-20(23(29)30)15-26-24(27-22)28-12-5-1-2-6-13-28/h3-4,7-11,14-15H,1-2,5-6,12-13,16H2,(H,29,30). The molecule has 1 aromatic heterocycles. The predicted molar refractivity (Wildman–Crippen MR) is 121 cm³/mol. The maximum Gasteiger partial charge on any atom is 0.339 e. The molecule has 0 spiro atoms. The number of hydrogen-bond donors (Lipinski definition) is 1. The molecule has 1 aliphatic heterocycles. The smallest absolute Gasteiger partial charge is 0.339 e. The molecule has 2 heterocycles. The highest BCUT2D eigenvalue weighted by molar-refractivity contribution is 6.30. The molecule has 1 saturated heterocycles. The Balaban J connectivity index is 1.69. The molecular formula is C24H24ClN3O3. The minimum absolute atomic E-state index is 0.0531. The minimum atomic E-state index is -1.07. The predicted octanol–water partition coefficient (Wildman–Crippen LogP) is 5.45. The number of nitrogens with zero attached hydrogens (tertiary/aromatic N) is 3. The molecule has 3 aromatic rings. The van der Waals surface area contributed by atoms with Crippen LogP contribution in [0.15, 0.2) is 54.7 Å². The van der Waals surface area contributed by atoms with Crippen molar-refractivity contribution in [3.05, 3.63) is 70.9 Å². The fourth-order valence-electron chi connectivity index (χ4n) is 3.73. The highest BCUT2D eigenvalue weighted by Crippen LogP contribution is 2.33. The summed E-state index contributed by atoms with van der Waals surface area (Å²) in [6.07, 6.45) is 5.95. The second-order valence-electron chi connectivity index (χ2n) is 7.55. The number of rotatable bonds is 6. The average Bonchev–Trinajstić information content (AvgIpc) is 3.07. The summed E-state index contributed by atoms with van der Waals surface area (Å²) >= 11 is 6.07. The number of carboxylic acids is 1. The van der Waals surface area contributed by atoms with E-state index >= 15 is 0 Å². The van der Waals surface area contributed by atoms with Gasteiger partial charge in [-0.3, -0.25) is 0 Å². The summed E-state index contributed by atoms with van der Waals surface area (Å²) in [7, 11) is 0. The SMILES string of the molecule is O=C(O)c1cnc(N2CCCCCC2)nc1-c1ccccc1OCc1cccc(Cl)c1. The van der Waals surface area contributed by atoms with Gasteiger partial charge < -0.3 is 14.7 Å². The van der Waals surface area contributed by atoms with Crippen LogP contribution in [-0.4, -0.2) is 34.1 Å². The molecular weight excluding hydrogens is 414 g/mol. The molecule has 1 aliphatic rings. The van der Waals surface area contributed by atoms with E-state index in [0.717, 1.165) is 31.5 Å². The maximum atomic E-state index is 11.9. The van der Waals surface area contributed by atoms with Crippen LogP contribution in [0.3, 0.4) is 0 Å². The molecule has 0 saturated carbocycles. The topological polar surface area (TPSA) is 75.5 Å². The molecule has 0 radical (unpaired) electrons. The van der Waals surface area contributed by atoms with Gasteiger partial charge in [0.1, 0.15) is 17.9 Å². The monoisotopic (exact) mass is 437 g/mol. The number of carboxylic acid groups (broad SMARTS) is 1.